The van der Waals surface area contributed by atoms with E-state index in [4.69, 9.17) is 9.47 Å². The number of aromatic nitrogens is 2. The number of pyridine rings is 2. The number of benzene rings is 2. The number of anilines is 4. The normalized spacial score (nSPS) is 12.2. The summed E-state index contributed by atoms with van der Waals surface area (Å²) < 4.78 is 10.7. The van der Waals surface area contributed by atoms with E-state index in [0.29, 0.717) is 59.3 Å². The molecule has 2 aromatic carbocycles. The fourth-order valence-electron chi connectivity index (χ4n) is 4.80. The summed E-state index contributed by atoms with van der Waals surface area (Å²) in [6.07, 6.45) is 4.02. The van der Waals surface area contributed by atoms with Crippen molar-refractivity contribution < 1.29 is 23.9 Å². The molecule has 0 saturated heterocycles. The molecule has 5 rings (SSSR count). The standard InChI is InChI=1S/C32H31N5O5/c1-5-37-28-25(31(39)36(3)26-7-6-15-33-29(26)37)18-21(19-34-28)14-16-42-27-13-10-23(17-20(27)2)30(38)35-24-11-8-22(9-12-24)32(40)41-4/h6-13,15,17-19H,5,14,16H2,1-4H3,(H,35,38). The number of amides is 2. The molecule has 0 fully saturated rings. The lowest BCUT2D eigenvalue weighted by molar-refractivity contribution is 0.0600. The lowest BCUT2D eigenvalue weighted by atomic mass is 10.1. The Morgan fingerprint density at radius 3 is 2.45 bits per heavy atom. The van der Waals surface area contributed by atoms with Crippen LogP contribution in [0.15, 0.2) is 73.1 Å². The van der Waals surface area contributed by atoms with E-state index in [1.165, 1.54) is 7.11 Å². The summed E-state index contributed by atoms with van der Waals surface area (Å²) in [6.45, 7) is 4.86. The van der Waals surface area contributed by atoms with Gasteiger partial charge in [-0.25, -0.2) is 14.8 Å². The molecule has 1 aliphatic rings. The first-order valence-corrected chi connectivity index (χ1v) is 13.5. The summed E-state index contributed by atoms with van der Waals surface area (Å²) in [4.78, 5) is 50.5. The SMILES string of the molecule is CCN1c2ncc(CCOc3ccc(C(=O)Nc4ccc(C(=O)OC)cc4)cc3C)cc2C(=O)N(C)c2cccnc21. The number of nitrogens with zero attached hydrogens (tertiary/aromatic N) is 4. The molecule has 0 saturated carbocycles. The molecule has 214 valence electrons. The number of fused-ring (bicyclic) bond motifs is 2. The Kier molecular flexibility index (Phi) is 8.14. The van der Waals surface area contributed by atoms with Crippen LogP contribution in [0.1, 0.15) is 49.1 Å². The predicted octanol–water partition coefficient (Wildman–Crippen LogP) is 5.19. The van der Waals surface area contributed by atoms with Gasteiger partial charge in [0, 0.05) is 43.7 Å². The minimum absolute atomic E-state index is 0.144. The molecular formula is C32H31N5O5. The van der Waals surface area contributed by atoms with Crippen molar-refractivity contribution in [1.82, 2.24) is 9.97 Å². The molecule has 0 unspecified atom stereocenters. The Morgan fingerprint density at radius 1 is 0.976 bits per heavy atom. The van der Waals surface area contributed by atoms with E-state index in [0.717, 1.165) is 16.8 Å². The molecule has 4 aromatic rings. The van der Waals surface area contributed by atoms with Gasteiger partial charge in [0.2, 0.25) is 0 Å². The van der Waals surface area contributed by atoms with E-state index < -0.39 is 5.97 Å². The average molecular weight is 566 g/mol. The Labute approximate surface area is 243 Å². The molecular weight excluding hydrogens is 534 g/mol. The summed E-state index contributed by atoms with van der Waals surface area (Å²) in [7, 11) is 3.06. The van der Waals surface area contributed by atoms with Gasteiger partial charge >= 0.3 is 5.97 Å². The van der Waals surface area contributed by atoms with Crippen molar-refractivity contribution in [2.24, 2.45) is 0 Å². The van der Waals surface area contributed by atoms with Crippen molar-refractivity contribution in [3.05, 3.63) is 101 Å². The zero-order chi connectivity index (χ0) is 29.8. The molecule has 1 N–H and O–H groups in total. The van der Waals surface area contributed by atoms with Crippen LogP contribution in [0.5, 0.6) is 5.75 Å². The summed E-state index contributed by atoms with van der Waals surface area (Å²) in [5.41, 5.74) is 4.37. The number of carbonyl (C=O) groups is 3. The van der Waals surface area contributed by atoms with Gasteiger partial charge in [-0.05, 0) is 85.6 Å². The maximum atomic E-state index is 13.4. The molecule has 0 aliphatic carbocycles. The number of esters is 1. The van der Waals surface area contributed by atoms with Gasteiger partial charge < -0.3 is 24.6 Å². The monoisotopic (exact) mass is 565 g/mol. The second kappa shape index (κ2) is 12.1. The lowest BCUT2D eigenvalue weighted by Crippen LogP contribution is -2.25. The number of hydrogen-bond donors (Lipinski definition) is 1. The largest absolute Gasteiger partial charge is 0.493 e. The fraction of sp³-hybridized carbons (Fsp3) is 0.219. The van der Waals surface area contributed by atoms with Crippen LogP contribution in [-0.4, -0.2) is 55.1 Å². The summed E-state index contributed by atoms with van der Waals surface area (Å²) in [5.74, 6) is 1.08. The highest BCUT2D eigenvalue weighted by Crippen LogP contribution is 2.37. The first-order chi connectivity index (χ1) is 20.3. The smallest absolute Gasteiger partial charge is 0.337 e. The van der Waals surface area contributed by atoms with Crippen molar-refractivity contribution in [2.45, 2.75) is 20.3 Å². The Morgan fingerprint density at radius 2 is 1.74 bits per heavy atom. The van der Waals surface area contributed by atoms with Crippen molar-refractivity contribution in [2.75, 3.05) is 42.4 Å². The van der Waals surface area contributed by atoms with Gasteiger partial charge in [0.25, 0.3) is 11.8 Å². The quantitative estimate of drug-likeness (QED) is 0.290. The second-order valence-electron chi connectivity index (χ2n) is 9.77. The highest BCUT2D eigenvalue weighted by atomic mass is 16.5. The first-order valence-electron chi connectivity index (χ1n) is 13.5. The lowest BCUT2D eigenvalue weighted by Gasteiger charge is -2.22. The second-order valence-corrected chi connectivity index (χ2v) is 9.77. The highest BCUT2D eigenvalue weighted by molar-refractivity contribution is 6.12. The zero-order valence-corrected chi connectivity index (χ0v) is 23.9. The Bertz CT molecular complexity index is 1650. The number of rotatable bonds is 8. The number of nitrogens with one attached hydrogen (secondary N) is 1. The summed E-state index contributed by atoms with van der Waals surface area (Å²) in [5, 5.41) is 2.83. The van der Waals surface area contributed by atoms with Crippen molar-refractivity contribution in [1.29, 1.82) is 0 Å². The van der Waals surface area contributed by atoms with Crippen molar-refractivity contribution in [3.63, 3.8) is 0 Å². The van der Waals surface area contributed by atoms with Crippen LogP contribution < -0.4 is 19.9 Å². The van der Waals surface area contributed by atoms with Crippen LogP contribution >= 0.6 is 0 Å². The molecule has 2 amide bonds. The van der Waals surface area contributed by atoms with E-state index in [2.05, 4.69) is 15.3 Å². The Hall–Kier alpha value is -5.25. The number of hydrogen-bond acceptors (Lipinski definition) is 8. The third kappa shape index (κ3) is 5.64. The highest BCUT2D eigenvalue weighted by Gasteiger charge is 2.30. The number of methoxy groups -OCH3 is 1. The van der Waals surface area contributed by atoms with E-state index in [-0.39, 0.29) is 11.8 Å². The number of aryl methyl sites for hydroxylation is 1. The van der Waals surface area contributed by atoms with Gasteiger partial charge in [-0.3, -0.25) is 9.59 Å². The number of ether oxygens (including phenoxy) is 2. The summed E-state index contributed by atoms with van der Waals surface area (Å²) >= 11 is 0. The minimum atomic E-state index is -0.440. The molecule has 42 heavy (non-hydrogen) atoms. The third-order valence-electron chi connectivity index (χ3n) is 7.06. The summed E-state index contributed by atoms with van der Waals surface area (Å²) in [6, 6.07) is 17.3. The first kappa shape index (κ1) is 28.3. The third-order valence-corrected chi connectivity index (χ3v) is 7.06. The molecule has 0 atom stereocenters. The molecule has 0 radical (unpaired) electrons. The van der Waals surface area contributed by atoms with Gasteiger partial charge in [-0.1, -0.05) is 0 Å². The van der Waals surface area contributed by atoms with Crippen molar-refractivity contribution in [3.8, 4) is 5.75 Å². The molecule has 10 nitrogen and oxygen atoms in total. The predicted molar refractivity (Wildman–Crippen MR) is 160 cm³/mol. The van der Waals surface area contributed by atoms with E-state index in [9.17, 15) is 14.4 Å². The maximum absolute atomic E-state index is 13.4. The van der Waals surface area contributed by atoms with E-state index in [1.807, 2.05) is 36.9 Å². The molecule has 3 heterocycles. The Balaban J connectivity index is 1.23. The van der Waals surface area contributed by atoms with Crippen LogP contribution in [0.3, 0.4) is 0 Å². The van der Waals surface area contributed by atoms with Gasteiger partial charge in [0.15, 0.2) is 5.82 Å². The number of carbonyl (C=O) groups excluding carboxylic acids is 3. The van der Waals surface area contributed by atoms with Gasteiger partial charge in [0.05, 0.1) is 30.5 Å². The fourth-order valence-corrected chi connectivity index (χ4v) is 4.80. The minimum Gasteiger partial charge on any atom is -0.493 e. The average Bonchev–Trinajstić information content (AvgIpc) is 3.10. The van der Waals surface area contributed by atoms with Gasteiger partial charge in [-0.15, -0.1) is 0 Å². The van der Waals surface area contributed by atoms with Crippen LogP contribution in [-0.2, 0) is 11.2 Å². The van der Waals surface area contributed by atoms with Crippen LogP contribution in [0.4, 0.5) is 23.0 Å². The van der Waals surface area contributed by atoms with Crippen LogP contribution in [0.25, 0.3) is 0 Å². The zero-order valence-electron chi connectivity index (χ0n) is 23.9. The maximum Gasteiger partial charge on any atom is 0.337 e. The molecule has 0 spiro atoms. The molecule has 2 aromatic heterocycles. The van der Waals surface area contributed by atoms with Crippen LogP contribution in [0.2, 0.25) is 0 Å². The molecule has 1 aliphatic heterocycles. The topological polar surface area (TPSA) is 114 Å². The van der Waals surface area contributed by atoms with E-state index >= 15 is 0 Å². The van der Waals surface area contributed by atoms with Gasteiger partial charge in [0.1, 0.15) is 11.6 Å². The molecule has 10 heteroatoms. The van der Waals surface area contributed by atoms with E-state index in [1.54, 1.807) is 66.8 Å². The molecule has 0 bridgehead atoms. The van der Waals surface area contributed by atoms with Crippen molar-refractivity contribution >= 4 is 40.8 Å². The van der Waals surface area contributed by atoms with Gasteiger partial charge in [-0.2, -0.15) is 0 Å². The van der Waals surface area contributed by atoms with Crippen LogP contribution in [0, 0.1) is 6.92 Å².